The second kappa shape index (κ2) is 24.0. The van der Waals surface area contributed by atoms with Gasteiger partial charge in [-0.25, -0.2) is 0 Å². The smallest absolute Gasteiger partial charge is 0.549 e. The first kappa shape index (κ1) is 40.7. The van der Waals surface area contributed by atoms with Crippen molar-refractivity contribution in [3.8, 4) is 0 Å². The summed E-state index contributed by atoms with van der Waals surface area (Å²) in [5.74, 6) is -6.10. The molecule has 126 valence electrons. The fourth-order valence-electron chi connectivity index (χ4n) is 2.00. The third-order valence-corrected chi connectivity index (χ3v) is 2.83. The van der Waals surface area contributed by atoms with E-state index in [-0.39, 0.29) is 219 Å². The van der Waals surface area contributed by atoms with Gasteiger partial charge in [0.25, 0.3) is 0 Å². The molecule has 0 rings (SSSR count). The molecule has 0 fully saturated rings. The minimum atomic E-state index is -1.53. The van der Waals surface area contributed by atoms with Crippen molar-refractivity contribution in [3.63, 3.8) is 0 Å². The number of rotatable bonds is 12. The monoisotopic (exact) mass is 472 g/mol. The summed E-state index contributed by atoms with van der Waals surface area (Å²) < 4.78 is 0. The summed E-state index contributed by atoms with van der Waals surface area (Å²) in [5, 5.41) is 42.5. The van der Waals surface area contributed by atoms with Crippen LogP contribution >= 0.6 is 0 Å². The maximum absolute atomic E-state index is 10.7. The average Bonchev–Trinajstić information content (AvgIpc) is 2.32. The zero-order valence-corrected chi connectivity index (χ0v) is 28.5. The maximum atomic E-state index is 10.7. The van der Waals surface area contributed by atoms with E-state index < -0.39 is 56.1 Å². The quantitative estimate of drug-likeness (QED) is 0.249. The second-order valence-corrected chi connectivity index (χ2v) is 4.62. The third kappa shape index (κ3) is 23.0. The summed E-state index contributed by atoms with van der Waals surface area (Å²) in [6, 6.07) is -0.727. The van der Waals surface area contributed by atoms with Crippen molar-refractivity contribution in [2.45, 2.75) is 19.4 Å². The van der Waals surface area contributed by atoms with Gasteiger partial charge in [0.2, 0.25) is 0 Å². The molecule has 1 unspecified atom stereocenters. The Morgan fingerprint density at radius 1 is 0.692 bits per heavy atom. The Morgan fingerprint density at radius 2 is 1.00 bits per heavy atom. The molecule has 0 aliphatic carbocycles. The SMILES string of the molecule is CCC(CN(CC(=O)[O-])CC(=O)[O-])N(CC(=O)[O-])CC(=O)[O-].[K+].[K+].[K+].[K+]. The normalized spacial score (nSPS) is 10.4. The summed E-state index contributed by atoms with van der Waals surface area (Å²) >= 11 is 0. The van der Waals surface area contributed by atoms with Crippen molar-refractivity contribution < 1.29 is 245 Å². The molecule has 0 amide bonds. The molecule has 0 aromatic carbocycles. The van der Waals surface area contributed by atoms with Gasteiger partial charge in [-0.05, 0) is 6.42 Å². The van der Waals surface area contributed by atoms with E-state index in [0.717, 1.165) is 9.80 Å². The third-order valence-electron chi connectivity index (χ3n) is 2.83. The first-order valence-electron chi connectivity index (χ1n) is 6.41. The van der Waals surface area contributed by atoms with Crippen LogP contribution in [-0.2, 0) is 19.2 Å². The summed E-state index contributed by atoms with van der Waals surface area (Å²) in [6.45, 7) is -1.44. The van der Waals surface area contributed by atoms with Gasteiger partial charge in [0.15, 0.2) is 0 Å². The van der Waals surface area contributed by atoms with E-state index >= 15 is 0 Å². The minimum absolute atomic E-state index is 0. The molecule has 10 nitrogen and oxygen atoms in total. The van der Waals surface area contributed by atoms with Crippen molar-refractivity contribution in [1.29, 1.82) is 0 Å². The van der Waals surface area contributed by atoms with Gasteiger partial charge in [0, 0.05) is 38.8 Å². The molecule has 0 aliphatic rings. The summed E-state index contributed by atoms with van der Waals surface area (Å²) in [6.07, 6.45) is 0.247. The Hall–Kier alpha value is 4.35. The van der Waals surface area contributed by atoms with Crippen LogP contribution in [0.15, 0.2) is 0 Å². The van der Waals surface area contributed by atoms with Crippen molar-refractivity contribution in [2.24, 2.45) is 0 Å². The Labute approximate surface area is 322 Å². The van der Waals surface area contributed by atoms with Gasteiger partial charge in [-0.15, -0.1) is 0 Å². The Balaban J connectivity index is -0.000000367. The molecule has 0 N–H and O–H groups in total. The van der Waals surface area contributed by atoms with Crippen molar-refractivity contribution in [1.82, 2.24) is 9.80 Å². The van der Waals surface area contributed by atoms with Gasteiger partial charge in [-0.3, -0.25) is 9.80 Å². The molecule has 0 saturated heterocycles. The predicted molar refractivity (Wildman–Crippen MR) is 62.1 cm³/mol. The molecular formula is C12H16K4N2O8. The van der Waals surface area contributed by atoms with Gasteiger partial charge < -0.3 is 39.6 Å². The van der Waals surface area contributed by atoms with Crippen LogP contribution in [0.4, 0.5) is 0 Å². The van der Waals surface area contributed by atoms with Gasteiger partial charge in [0.05, 0.1) is 23.9 Å². The second-order valence-electron chi connectivity index (χ2n) is 4.62. The fourth-order valence-corrected chi connectivity index (χ4v) is 2.00. The number of carboxylic acid groups (broad SMARTS) is 4. The number of hydrogen-bond acceptors (Lipinski definition) is 10. The summed E-state index contributed by atoms with van der Waals surface area (Å²) in [7, 11) is 0. The van der Waals surface area contributed by atoms with E-state index in [1.54, 1.807) is 6.92 Å². The molecule has 26 heavy (non-hydrogen) atoms. The zero-order valence-electron chi connectivity index (χ0n) is 16.0. The number of carbonyl (C=O) groups excluding carboxylic acids is 4. The molecule has 0 bridgehead atoms. The van der Waals surface area contributed by atoms with Crippen LogP contribution in [0.25, 0.3) is 0 Å². The van der Waals surface area contributed by atoms with E-state index in [2.05, 4.69) is 0 Å². The standard InChI is InChI=1S/C12H20N2O8.4K/c1-2-8(14(6-11(19)20)7-12(21)22)3-13(4-9(15)16)5-10(17)18;;;;/h8H,2-7H2,1H3,(H,15,16)(H,17,18)(H,19,20)(H,21,22);;;;/q;4*+1/p-4. The first-order chi connectivity index (χ1) is 10.1. The Kier molecular flexibility index (Phi) is 37.5. The van der Waals surface area contributed by atoms with Crippen LogP contribution in [-0.4, -0.2) is 72.4 Å². The topological polar surface area (TPSA) is 167 Å². The first-order valence-corrected chi connectivity index (χ1v) is 6.41. The molecule has 0 aromatic rings. The zero-order chi connectivity index (χ0) is 17.3. The van der Waals surface area contributed by atoms with Crippen LogP contribution in [0.5, 0.6) is 0 Å². The van der Waals surface area contributed by atoms with Crippen LogP contribution in [0.1, 0.15) is 13.3 Å². The summed E-state index contributed by atoms with van der Waals surface area (Å²) in [5.41, 5.74) is 0. The molecular weight excluding hydrogens is 457 g/mol. The number of nitrogens with zero attached hydrogens (tertiary/aromatic N) is 2. The summed E-state index contributed by atoms with van der Waals surface area (Å²) in [4.78, 5) is 44.5. The minimum Gasteiger partial charge on any atom is -0.549 e. The Bertz CT molecular complexity index is 409. The van der Waals surface area contributed by atoms with Crippen molar-refractivity contribution in [3.05, 3.63) is 0 Å². The van der Waals surface area contributed by atoms with Gasteiger partial charge in [-0.2, -0.15) is 0 Å². The van der Waals surface area contributed by atoms with Crippen molar-refractivity contribution >= 4 is 23.9 Å². The van der Waals surface area contributed by atoms with Gasteiger partial charge >= 0.3 is 206 Å². The largest absolute Gasteiger partial charge is 1.00 e. The number of carbonyl (C=O) groups is 4. The molecule has 0 saturated carbocycles. The van der Waals surface area contributed by atoms with Crippen LogP contribution < -0.4 is 226 Å². The van der Waals surface area contributed by atoms with E-state index in [1.807, 2.05) is 0 Å². The van der Waals surface area contributed by atoms with Crippen LogP contribution in [0, 0.1) is 0 Å². The average molecular weight is 473 g/mol. The predicted octanol–water partition coefficient (Wildman–Crippen LogP) is -18.6. The van der Waals surface area contributed by atoms with E-state index in [1.165, 1.54) is 0 Å². The van der Waals surface area contributed by atoms with E-state index in [0.29, 0.717) is 0 Å². The van der Waals surface area contributed by atoms with Crippen LogP contribution in [0.2, 0.25) is 0 Å². The molecule has 1 atom stereocenters. The Morgan fingerprint density at radius 3 is 1.23 bits per heavy atom. The molecule has 0 aromatic heterocycles. The fraction of sp³-hybridized carbons (Fsp3) is 0.667. The molecule has 0 spiro atoms. The molecule has 0 aliphatic heterocycles. The van der Waals surface area contributed by atoms with E-state index in [4.69, 9.17) is 0 Å². The maximum Gasteiger partial charge on any atom is 1.00 e. The molecule has 14 heteroatoms. The molecule has 0 heterocycles. The number of hydrogen-bond donors (Lipinski definition) is 0. The number of aliphatic carboxylic acids is 4. The van der Waals surface area contributed by atoms with Gasteiger partial charge in [-0.1, -0.05) is 6.92 Å². The molecule has 0 radical (unpaired) electrons. The van der Waals surface area contributed by atoms with Gasteiger partial charge in [0.1, 0.15) is 0 Å². The number of carboxylic acids is 4. The van der Waals surface area contributed by atoms with Crippen molar-refractivity contribution in [2.75, 3.05) is 32.7 Å². The van der Waals surface area contributed by atoms with E-state index in [9.17, 15) is 39.6 Å². The van der Waals surface area contributed by atoms with Crippen LogP contribution in [0.3, 0.4) is 0 Å².